The summed E-state index contributed by atoms with van der Waals surface area (Å²) >= 11 is 0. The fraction of sp³-hybridized carbons (Fsp3) is 0.375. The van der Waals surface area contributed by atoms with Gasteiger partial charge in [-0.25, -0.2) is 0 Å². The number of hydrogen-bond donors (Lipinski definition) is 0. The summed E-state index contributed by atoms with van der Waals surface area (Å²) in [7, 11) is 0. The highest BCUT2D eigenvalue weighted by Crippen LogP contribution is 2.24. The van der Waals surface area contributed by atoms with Crippen molar-refractivity contribution in [2.75, 3.05) is 0 Å². The molecule has 1 aliphatic carbocycles. The Morgan fingerprint density at radius 1 is 0.850 bits per heavy atom. The zero-order valence-corrected chi connectivity index (χ0v) is 11.3. The van der Waals surface area contributed by atoms with Crippen molar-refractivity contribution in [3.8, 4) is 0 Å². The summed E-state index contributed by atoms with van der Waals surface area (Å²) in [6, 6.07) is 8.03. The topological polar surface area (TPSA) is 51.0 Å². The van der Waals surface area contributed by atoms with Crippen molar-refractivity contribution >= 4 is 12.4 Å². The van der Waals surface area contributed by atoms with E-state index >= 15 is 0 Å². The molecule has 2 aromatic rings. The van der Waals surface area contributed by atoms with Gasteiger partial charge in [0.25, 0.3) is 0 Å². The molecule has 0 radical (unpaired) electrons. The first-order chi connectivity index (χ1) is 9.92. The van der Waals surface area contributed by atoms with Gasteiger partial charge in [-0.2, -0.15) is 0 Å². The van der Waals surface area contributed by atoms with Crippen molar-refractivity contribution in [2.24, 2.45) is 9.98 Å². The minimum absolute atomic E-state index is 0.236. The fourth-order valence-corrected chi connectivity index (χ4v) is 2.51. The highest BCUT2D eigenvalue weighted by molar-refractivity contribution is 5.76. The van der Waals surface area contributed by atoms with Gasteiger partial charge in [0.05, 0.1) is 37.0 Å². The summed E-state index contributed by atoms with van der Waals surface area (Å²) in [6.07, 6.45) is 11.5. The molecule has 3 rings (SSSR count). The predicted octanol–water partition coefficient (Wildman–Crippen LogP) is 3.72. The maximum Gasteiger partial charge on any atom is 0.144 e. The van der Waals surface area contributed by atoms with Gasteiger partial charge < -0.3 is 8.83 Å². The second-order valence-corrected chi connectivity index (χ2v) is 5.01. The van der Waals surface area contributed by atoms with Crippen molar-refractivity contribution in [1.29, 1.82) is 0 Å². The standard InChI is InChI=1S/C16H18N2O2/c1-2-8-16(18-12-14-6-4-10-20-14)15(7-1)17-11-13-5-3-9-19-13/h3-6,9-12,15-16H,1-2,7-8H2. The zero-order chi connectivity index (χ0) is 13.6. The third kappa shape index (κ3) is 3.26. The SMILES string of the molecule is C(=NC1CCCCC1N=Cc1ccco1)c1ccco1. The minimum atomic E-state index is 0.236. The molecule has 4 heteroatoms. The zero-order valence-electron chi connectivity index (χ0n) is 11.3. The molecule has 0 aromatic carbocycles. The van der Waals surface area contributed by atoms with E-state index in [1.54, 1.807) is 12.5 Å². The van der Waals surface area contributed by atoms with Gasteiger partial charge in [0.15, 0.2) is 0 Å². The average Bonchev–Trinajstić information content (AvgIpc) is 3.17. The van der Waals surface area contributed by atoms with E-state index in [0.29, 0.717) is 0 Å². The van der Waals surface area contributed by atoms with Gasteiger partial charge in [0, 0.05) is 0 Å². The van der Waals surface area contributed by atoms with E-state index in [1.807, 2.05) is 36.7 Å². The Kier molecular flexibility index (Phi) is 4.11. The van der Waals surface area contributed by atoms with Crippen LogP contribution in [-0.2, 0) is 0 Å². The van der Waals surface area contributed by atoms with Gasteiger partial charge in [0.2, 0.25) is 0 Å². The summed E-state index contributed by atoms with van der Waals surface area (Å²) in [6.45, 7) is 0. The maximum absolute atomic E-state index is 5.28. The monoisotopic (exact) mass is 270 g/mol. The van der Waals surface area contributed by atoms with Crippen LogP contribution in [-0.4, -0.2) is 24.5 Å². The van der Waals surface area contributed by atoms with Crippen molar-refractivity contribution < 1.29 is 8.83 Å². The Morgan fingerprint density at radius 3 is 1.75 bits per heavy atom. The molecular weight excluding hydrogens is 252 g/mol. The van der Waals surface area contributed by atoms with Gasteiger partial charge in [-0.3, -0.25) is 9.98 Å². The fourth-order valence-electron chi connectivity index (χ4n) is 2.51. The van der Waals surface area contributed by atoms with Crippen LogP contribution in [0, 0.1) is 0 Å². The summed E-state index contributed by atoms with van der Waals surface area (Å²) in [5, 5.41) is 0. The Hall–Kier alpha value is -2.10. The largest absolute Gasteiger partial charge is 0.463 e. The molecule has 0 amide bonds. The molecule has 0 bridgehead atoms. The lowest BCUT2D eigenvalue weighted by Gasteiger charge is -2.25. The van der Waals surface area contributed by atoms with Crippen LogP contribution in [0.4, 0.5) is 0 Å². The molecule has 2 heterocycles. The van der Waals surface area contributed by atoms with E-state index in [9.17, 15) is 0 Å². The van der Waals surface area contributed by atoms with E-state index < -0.39 is 0 Å². The second-order valence-electron chi connectivity index (χ2n) is 5.01. The van der Waals surface area contributed by atoms with E-state index in [4.69, 9.17) is 8.83 Å². The molecule has 1 fully saturated rings. The van der Waals surface area contributed by atoms with Crippen LogP contribution in [0.3, 0.4) is 0 Å². The van der Waals surface area contributed by atoms with Crippen LogP contribution in [0.5, 0.6) is 0 Å². The molecule has 104 valence electrons. The molecule has 2 atom stereocenters. The number of hydrogen-bond acceptors (Lipinski definition) is 4. The minimum Gasteiger partial charge on any atom is -0.463 e. The molecule has 20 heavy (non-hydrogen) atoms. The van der Waals surface area contributed by atoms with Crippen LogP contribution in [0.1, 0.15) is 37.2 Å². The third-order valence-corrected chi connectivity index (χ3v) is 3.57. The Labute approximate surface area is 118 Å². The normalized spacial score (nSPS) is 23.8. The third-order valence-electron chi connectivity index (χ3n) is 3.57. The molecular formula is C16H18N2O2. The van der Waals surface area contributed by atoms with Crippen LogP contribution in [0.15, 0.2) is 55.6 Å². The van der Waals surface area contributed by atoms with Gasteiger partial charge in [-0.05, 0) is 37.1 Å². The molecule has 2 aromatic heterocycles. The van der Waals surface area contributed by atoms with E-state index in [0.717, 1.165) is 24.4 Å². The Balaban J connectivity index is 1.67. The highest BCUT2D eigenvalue weighted by atomic mass is 16.3. The average molecular weight is 270 g/mol. The quantitative estimate of drug-likeness (QED) is 0.795. The molecule has 1 saturated carbocycles. The number of nitrogens with zero attached hydrogens (tertiary/aromatic N) is 2. The van der Waals surface area contributed by atoms with Crippen LogP contribution in [0.25, 0.3) is 0 Å². The predicted molar refractivity (Wildman–Crippen MR) is 78.6 cm³/mol. The van der Waals surface area contributed by atoms with Crippen LogP contribution >= 0.6 is 0 Å². The first-order valence-electron chi connectivity index (χ1n) is 7.05. The van der Waals surface area contributed by atoms with Gasteiger partial charge in [0.1, 0.15) is 11.5 Å². The van der Waals surface area contributed by atoms with Crippen molar-refractivity contribution in [1.82, 2.24) is 0 Å². The lowest BCUT2D eigenvalue weighted by atomic mass is 9.91. The number of furan rings is 2. The van der Waals surface area contributed by atoms with Crippen molar-refractivity contribution in [3.05, 3.63) is 48.3 Å². The molecule has 0 aliphatic heterocycles. The Bertz CT molecular complexity index is 503. The number of rotatable bonds is 4. The number of aliphatic imine (C=N–C) groups is 2. The van der Waals surface area contributed by atoms with Crippen molar-refractivity contribution in [3.63, 3.8) is 0 Å². The Morgan fingerprint density at radius 2 is 1.35 bits per heavy atom. The summed E-state index contributed by atoms with van der Waals surface area (Å²) < 4.78 is 10.6. The molecule has 1 aliphatic rings. The molecule has 0 N–H and O–H groups in total. The molecule has 0 saturated heterocycles. The maximum atomic E-state index is 5.28. The summed E-state index contributed by atoms with van der Waals surface area (Å²) in [5.74, 6) is 1.59. The second kappa shape index (κ2) is 6.37. The smallest absolute Gasteiger partial charge is 0.144 e. The summed E-state index contributed by atoms with van der Waals surface area (Å²) in [4.78, 5) is 9.29. The van der Waals surface area contributed by atoms with Crippen LogP contribution in [0.2, 0.25) is 0 Å². The van der Waals surface area contributed by atoms with E-state index in [-0.39, 0.29) is 12.1 Å². The van der Waals surface area contributed by atoms with Gasteiger partial charge >= 0.3 is 0 Å². The molecule has 2 unspecified atom stereocenters. The van der Waals surface area contributed by atoms with E-state index in [2.05, 4.69) is 9.98 Å². The lowest BCUT2D eigenvalue weighted by molar-refractivity contribution is 0.389. The van der Waals surface area contributed by atoms with Crippen molar-refractivity contribution in [2.45, 2.75) is 37.8 Å². The molecule has 4 nitrogen and oxygen atoms in total. The summed E-state index contributed by atoms with van der Waals surface area (Å²) in [5.41, 5.74) is 0. The van der Waals surface area contributed by atoms with E-state index in [1.165, 1.54) is 12.8 Å². The van der Waals surface area contributed by atoms with Gasteiger partial charge in [-0.1, -0.05) is 12.8 Å². The lowest BCUT2D eigenvalue weighted by Crippen LogP contribution is -2.27. The highest BCUT2D eigenvalue weighted by Gasteiger charge is 2.23. The van der Waals surface area contributed by atoms with Crippen LogP contribution < -0.4 is 0 Å². The molecule has 0 spiro atoms. The first-order valence-corrected chi connectivity index (χ1v) is 7.05. The first kappa shape index (κ1) is 12.9. The van der Waals surface area contributed by atoms with Gasteiger partial charge in [-0.15, -0.1) is 0 Å².